The Morgan fingerprint density at radius 3 is 2.70 bits per heavy atom. The molecule has 0 atom stereocenters. The highest BCUT2D eigenvalue weighted by molar-refractivity contribution is 9.10. The first-order chi connectivity index (χ1) is 10.8. The average Bonchev–Trinajstić information content (AvgIpc) is 2.68. The van der Waals surface area contributed by atoms with Crippen molar-refractivity contribution < 1.29 is 14.3 Å². The number of ether oxygens (including phenoxy) is 2. The standard InChI is InChI=1S/C18H24BrNO3/c1-18(2,3)23-17(21)20-8-6-12-11-13-5-4-10-22-16(13)15(19)14(12)7-9-20/h11H,4-10H2,1-3H3. The van der Waals surface area contributed by atoms with Gasteiger partial charge in [0.15, 0.2) is 0 Å². The van der Waals surface area contributed by atoms with Gasteiger partial charge < -0.3 is 14.4 Å². The van der Waals surface area contributed by atoms with Crippen LogP contribution in [0.1, 0.15) is 43.9 Å². The Hall–Kier alpha value is -1.23. The molecule has 0 saturated carbocycles. The molecule has 2 aliphatic heterocycles. The van der Waals surface area contributed by atoms with E-state index in [0.717, 1.165) is 42.5 Å². The number of halogens is 1. The molecule has 0 bridgehead atoms. The predicted octanol–water partition coefficient (Wildman–Crippen LogP) is 4.11. The minimum absolute atomic E-state index is 0.220. The number of carbonyl (C=O) groups excluding carboxylic acids is 1. The molecule has 2 heterocycles. The van der Waals surface area contributed by atoms with Crippen LogP contribution in [0.2, 0.25) is 0 Å². The lowest BCUT2D eigenvalue weighted by atomic mass is 9.96. The Labute approximate surface area is 146 Å². The molecular formula is C18H24BrNO3. The van der Waals surface area contributed by atoms with Crippen LogP contribution in [-0.4, -0.2) is 36.3 Å². The number of hydrogen-bond acceptors (Lipinski definition) is 3. The van der Waals surface area contributed by atoms with E-state index in [4.69, 9.17) is 9.47 Å². The zero-order valence-electron chi connectivity index (χ0n) is 14.1. The molecule has 5 heteroatoms. The Morgan fingerprint density at radius 2 is 1.96 bits per heavy atom. The van der Waals surface area contributed by atoms with Gasteiger partial charge in [-0.15, -0.1) is 0 Å². The second-order valence-corrected chi connectivity index (χ2v) is 8.03. The first kappa shape index (κ1) is 16.6. The fraction of sp³-hybridized carbons (Fsp3) is 0.611. The van der Waals surface area contributed by atoms with Crippen LogP contribution < -0.4 is 4.74 Å². The summed E-state index contributed by atoms with van der Waals surface area (Å²) in [4.78, 5) is 14.1. The van der Waals surface area contributed by atoms with Crippen LogP contribution in [-0.2, 0) is 24.0 Å². The van der Waals surface area contributed by atoms with Crippen LogP contribution in [0.3, 0.4) is 0 Å². The van der Waals surface area contributed by atoms with Crippen molar-refractivity contribution in [2.45, 2.75) is 52.1 Å². The lowest BCUT2D eigenvalue weighted by Gasteiger charge is -2.26. The molecule has 0 spiro atoms. The number of aryl methyl sites for hydroxylation is 1. The summed E-state index contributed by atoms with van der Waals surface area (Å²) in [5.74, 6) is 1.00. The second kappa shape index (κ2) is 6.34. The van der Waals surface area contributed by atoms with E-state index in [-0.39, 0.29) is 6.09 Å². The number of fused-ring (bicyclic) bond motifs is 2. The third-order valence-electron chi connectivity index (χ3n) is 4.26. The van der Waals surface area contributed by atoms with Gasteiger partial charge in [0.2, 0.25) is 0 Å². The Balaban J connectivity index is 1.80. The topological polar surface area (TPSA) is 38.8 Å². The number of carbonyl (C=O) groups is 1. The molecule has 1 aromatic rings. The monoisotopic (exact) mass is 381 g/mol. The molecule has 0 fully saturated rings. The maximum absolute atomic E-state index is 12.3. The summed E-state index contributed by atoms with van der Waals surface area (Å²) in [7, 11) is 0. The molecule has 0 N–H and O–H groups in total. The van der Waals surface area contributed by atoms with Gasteiger partial charge in [0.05, 0.1) is 11.1 Å². The largest absolute Gasteiger partial charge is 0.492 e. The molecule has 23 heavy (non-hydrogen) atoms. The molecular weight excluding hydrogens is 358 g/mol. The zero-order valence-corrected chi connectivity index (χ0v) is 15.7. The molecule has 0 aliphatic carbocycles. The molecule has 3 rings (SSSR count). The number of rotatable bonds is 0. The molecule has 4 nitrogen and oxygen atoms in total. The van der Waals surface area contributed by atoms with E-state index < -0.39 is 5.60 Å². The van der Waals surface area contributed by atoms with Crippen LogP contribution in [0.15, 0.2) is 10.5 Å². The summed E-state index contributed by atoms with van der Waals surface area (Å²) < 4.78 is 12.4. The number of amides is 1. The van der Waals surface area contributed by atoms with Gasteiger partial charge in [-0.25, -0.2) is 4.79 Å². The Kier molecular flexibility index (Phi) is 4.59. The Morgan fingerprint density at radius 1 is 1.22 bits per heavy atom. The summed E-state index contributed by atoms with van der Waals surface area (Å²) in [6.45, 7) is 7.88. The van der Waals surface area contributed by atoms with Gasteiger partial charge in [0.25, 0.3) is 0 Å². The molecule has 1 amide bonds. The average molecular weight is 382 g/mol. The molecule has 0 aromatic heterocycles. The number of hydrogen-bond donors (Lipinski definition) is 0. The van der Waals surface area contributed by atoms with Gasteiger partial charge in [0, 0.05) is 13.1 Å². The fourth-order valence-electron chi connectivity index (χ4n) is 3.18. The quantitative estimate of drug-likeness (QED) is 0.678. The summed E-state index contributed by atoms with van der Waals surface area (Å²) >= 11 is 3.73. The third kappa shape index (κ3) is 3.65. The summed E-state index contributed by atoms with van der Waals surface area (Å²) in [5.41, 5.74) is 3.43. The molecule has 1 aromatic carbocycles. The summed E-state index contributed by atoms with van der Waals surface area (Å²) in [6.07, 6.45) is 3.60. The summed E-state index contributed by atoms with van der Waals surface area (Å²) in [6, 6.07) is 2.27. The van der Waals surface area contributed by atoms with Crippen LogP contribution in [0, 0.1) is 0 Å². The van der Waals surface area contributed by atoms with Crippen molar-refractivity contribution in [1.29, 1.82) is 0 Å². The smallest absolute Gasteiger partial charge is 0.410 e. The molecule has 0 radical (unpaired) electrons. The van der Waals surface area contributed by atoms with Crippen molar-refractivity contribution >= 4 is 22.0 Å². The van der Waals surface area contributed by atoms with Crippen molar-refractivity contribution in [3.63, 3.8) is 0 Å². The number of benzene rings is 1. The van der Waals surface area contributed by atoms with Gasteiger partial charge >= 0.3 is 6.09 Å². The molecule has 0 saturated heterocycles. The minimum atomic E-state index is -0.455. The van der Waals surface area contributed by atoms with Crippen molar-refractivity contribution in [3.8, 4) is 5.75 Å². The predicted molar refractivity (Wildman–Crippen MR) is 93.2 cm³/mol. The van der Waals surface area contributed by atoms with Crippen LogP contribution in [0.25, 0.3) is 0 Å². The van der Waals surface area contributed by atoms with Gasteiger partial charge in [-0.3, -0.25) is 0 Å². The highest BCUT2D eigenvalue weighted by Gasteiger charge is 2.27. The van der Waals surface area contributed by atoms with E-state index >= 15 is 0 Å². The summed E-state index contributed by atoms with van der Waals surface area (Å²) in [5, 5.41) is 0. The Bertz CT molecular complexity index is 622. The molecule has 126 valence electrons. The van der Waals surface area contributed by atoms with E-state index in [1.165, 1.54) is 16.7 Å². The highest BCUT2D eigenvalue weighted by atomic mass is 79.9. The number of nitrogens with zero attached hydrogens (tertiary/aromatic N) is 1. The molecule has 2 aliphatic rings. The van der Waals surface area contributed by atoms with Crippen molar-refractivity contribution in [1.82, 2.24) is 4.90 Å². The highest BCUT2D eigenvalue weighted by Crippen LogP contribution is 2.39. The van der Waals surface area contributed by atoms with E-state index in [9.17, 15) is 4.79 Å². The third-order valence-corrected chi connectivity index (χ3v) is 5.10. The van der Waals surface area contributed by atoms with Gasteiger partial charge in [-0.1, -0.05) is 6.07 Å². The van der Waals surface area contributed by atoms with E-state index in [1.807, 2.05) is 25.7 Å². The van der Waals surface area contributed by atoms with Gasteiger partial charge in [0.1, 0.15) is 11.4 Å². The normalized spacial score (nSPS) is 17.7. The van der Waals surface area contributed by atoms with Crippen LogP contribution >= 0.6 is 15.9 Å². The second-order valence-electron chi connectivity index (χ2n) is 7.24. The fourth-order valence-corrected chi connectivity index (χ4v) is 4.00. The zero-order chi connectivity index (χ0) is 16.6. The van der Waals surface area contributed by atoms with E-state index in [0.29, 0.717) is 13.1 Å². The molecule has 0 unspecified atom stereocenters. The lowest BCUT2D eigenvalue weighted by Crippen LogP contribution is -2.38. The van der Waals surface area contributed by atoms with Gasteiger partial charge in [-0.2, -0.15) is 0 Å². The first-order valence-electron chi connectivity index (χ1n) is 8.29. The van der Waals surface area contributed by atoms with Crippen molar-refractivity contribution in [3.05, 3.63) is 27.2 Å². The SMILES string of the molecule is CC(C)(C)OC(=O)N1CCc2cc3c(c(Br)c2CC1)OCCC3. The van der Waals surface area contributed by atoms with E-state index in [1.54, 1.807) is 0 Å². The van der Waals surface area contributed by atoms with Crippen LogP contribution in [0.4, 0.5) is 4.79 Å². The first-order valence-corrected chi connectivity index (χ1v) is 9.08. The van der Waals surface area contributed by atoms with Crippen LogP contribution in [0.5, 0.6) is 5.75 Å². The van der Waals surface area contributed by atoms with Crippen molar-refractivity contribution in [2.24, 2.45) is 0 Å². The van der Waals surface area contributed by atoms with E-state index in [2.05, 4.69) is 22.0 Å². The van der Waals surface area contributed by atoms with Crippen molar-refractivity contribution in [2.75, 3.05) is 19.7 Å². The minimum Gasteiger partial charge on any atom is -0.492 e. The maximum Gasteiger partial charge on any atom is 0.410 e. The maximum atomic E-state index is 12.3. The van der Waals surface area contributed by atoms with Gasteiger partial charge in [-0.05, 0) is 79.1 Å². The lowest BCUT2D eigenvalue weighted by molar-refractivity contribution is 0.0258.